The topological polar surface area (TPSA) is 45.7 Å². The van der Waals surface area contributed by atoms with Crippen molar-refractivity contribution in [3.63, 3.8) is 0 Å². The molecule has 0 spiro atoms. The Balaban J connectivity index is 0.00000312. The number of nitrogens with zero attached hydrogens (tertiary/aromatic N) is 1. The SMILES string of the molecule is CCNC(=NCc1cccc(OCC)c1)NCc1ccc(F)cc1.I. The van der Waals surface area contributed by atoms with E-state index in [-0.39, 0.29) is 29.8 Å². The van der Waals surface area contributed by atoms with Crippen molar-refractivity contribution < 1.29 is 9.13 Å². The molecule has 0 aliphatic carbocycles. The first-order chi connectivity index (χ1) is 11.7. The third-order valence-electron chi connectivity index (χ3n) is 3.35. The molecule has 2 aromatic rings. The lowest BCUT2D eigenvalue weighted by molar-refractivity contribution is 0.340. The van der Waals surface area contributed by atoms with Crippen molar-refractivity contribution >= 4 is 29.9 Å². The van der Waals surface area contributed by atoms with Crippen LogP contribution < -0.4 is 15.4 Å². The zero-order valence-corrected chi connectivity index (χ0v) is 16.9. The van der Waals surface area contributed by atoms with Crippen molar-refractivity contribution in [2.45, 2.75) is 26.9 Å². The summed E-state index contributed by atoms with van der Waals surface area (Å²) in [6.07, 6.45) is 0. The molecule has 0 amide bonds. The first-order valence-corrected chi connectivity index (χ1v) is 8.19. The van der Waals surface area contributed by atoms with Gasteiger partial charge in [-0.05, 0) is 49.2 Å². The van der Waals surface area contributed by atoms with E-state index >= 15 is 0 Å². The standard InChI is InChI=1S/C19H24FN3O.HI/c1-3-21-19(22-13-15-8-10-17(20)11-9-15)23-14-16-6-5-7-18(12-16)24-4-2;/h5-12H,3-4,13-14H2,1-2H3,(H2,21,22,23);1H. The van der Waals surface area contributed by atoms with Gasteiger partial charge in [0.15, 0.2) is 5.96 Å². The smallest absolute Gasteiger partial charge is 0.191 e. The van der Waals surface area contributed by atoms with E-state index < -0.39 is 0 Å². The van der Waals surface area contributed by atoms with Crippen molar-refractivity contribution in [3.05, 3.63) is 65.5 Å². The lowest BCUT2D eigenvalue weighted by atomic mass is 10.2. The summed E-state index contributed by atoms with van der Waals surface area (Å²) in [6.45, 7) is 6.55. The van der Waals surface area contributed by atoms with Gasteiger partial charge in [-0.25, -0.2) is 9.38 Å². The number of hydrogen-bond donors (Lipinski definition) is 2. The van der Waals surface area contributed by atoms with Crippen molar-refractivity contribution in [3.8, 4) is 5.75 Å². The molecule has 0 radical (unpaired) electrons. The van der Waals surface area contributed by atoms with Crippen LogP contribution in [0.5, 0.6) is 5.75 Å². The van der Waals surface area contributed by atoms with Gasteiger partial charge in [-0.2, -0.15) is 0 Å². The summed E-state index contributed by atoms with van der Waals surface area (Å²) < 4.78 is 18.4. The average molecular weight is 457 g/mol. The maximum atomic E-state index is 12.9. The Morgan fingerprint density at radius 1 is 1.04 bits per heavy atom. The Hall–Kier alpha value is -1.83. The molecule has 25 heavy (non-hydrogen) atoms. The van der Waals surface area contributed by atoms with Crippen LogP contribution in [-0.4, -0.2) is 19.1 Å². The summed E-state index contributed by atoms with van der Waals surface area (Å²) in [5.41, 5.74) is 2.08. The maximum Gasteiger partial charge on any atom is 0.191 e. The molecule has 6 heteroatoms. The summed E-state index contributed by atoms with van der Waals surface area (Å²) in [7, 11) is 0. The van der Waals surface area contributed by atoms with Crippen LogP contribution in [0.4, 0.5) is 4.39 Å². The van der Waals surface area contributed by atoms with Gasteiger partial charge in [0, 0.05) is 13.1 Å². The third kappa shape index (κ3) is 7.72. The Kier molecular flexibility index (Phi) is 9.91. The van der Waals surface area contributed by atoms with Crippen molar-refractivity contribution in [1.82, 2.24) is 10.6 Å². The van der Waals surface area contributed by atoms with Crippen LogP contribution in [0.3, 0.4) is 0 Å². The zero-order valence-electron chi connectivity index (χ0n) is 14.6. The number of hydrogen-bond acceptors (Lipinski definition) is 2. The fourth-order valence-electron chi connectivity index (χ4n) is 2.20. The fourth-order valence-corrected chi connectivity index (χ4v) is 2.20. The molecule has 0 aromatic heterocycles. The summed E-state index contributed by atoms with van der Waals surface area (Å²) in [6, 6.07) is 14.4. The van der Waals surface area contributed by atoms with Gasteiger partial charge in [0.25, 0.3) is 0 Å². The molecule has 0 saturated carbocycles. The molecule has 0 unspecified atom stereocenters. The Labute approximate surface area is 165 Å². The molecule has 2 N–H and O–H groups in total. The summed E-state index contributed by atoms with van der Waals surface area (Å²) in [5.74, 6) is 1.35. The Morgan fingerprint density at radius 3 is 2.48 bits per heavy atom. The van der Waals surface area contributed by atoms with Gasteiger partial charge < -0.3 is 15.4 Å². The number of aliphatic imine (C=N–C) groups is 1. The normalized spacial score (nSPS) is 10.8. The summed E-state index contributed by atoms with van der Waals surface area (Å²) in [5, 5.41) is 6.46. The minimum Gasteiger partial charge on any atom is -0.494 e. The van der Waals surface area contributed by atoms with E-state index in [1.165, 1.54) is 12.1 Å². The molecule has 136 valence electrons. The number of guanidine groups is 1. The fraction of sp³-hybridized carbons (Fsp3) is 0.316. The highest BCUT2D eigenvalue weighted by Gasteiger charge is 2.00. The zero-order chi connectivity index (χ0) is 17.2. The molecule has 0 aliphatic heterocycles. The minimum atomic E-state index is -0.228. The minimum absolute atomic E-state index is 0. The van der Waals surface area contributed by atoms with Gasteiger partial charge in [0.05, 0.1) is 13.2 Å². The molecule has 0 saturated heterocycles. The second kappa shape index (κ2) is 11.7. The van der Waals surface area contributed by atoms with Crippen LogP contribution in [0.15, 0.2) is 53.5 Å². The Morgan fingerprint density at radius 2 is 1.80 bits per heavy atom. The lowest BCUT2D eigenvalue weighted by Gasteiger charge is -2.11. The molecule has 0 heterocycles. The molecule has 0 atom stereocenters. The van der Waals surface area contributed by atoms with Crippen LogP contribution in [0.1, 0.15) is 25.0 Å². The van der Waals surface area contributed by atoms with E-state index in [2.05, 4.69) is 15.6 Å². The van der Waals surface area contributed by atoms with Crippen LogP contribution in [0, 0.1) is 5.82 Å². The van der Waals surface area contributed by atoms with Crippen LogP contribution in [-0.2, 0) is 13.1 Å². The molecule has 0 fully saturated rings. The average Bonchev–Trinajstić information content (AvgIpc) is 2.59. The molecule has 0 bridgehead atoms. The first-order valence-electron chi connectivity index (χ1n) is 8.19. The maximum absolute atomic E-state index is 12.9. The first kappa shape index (κ1) is 21.2. The van der Waals surface area contributed by atoms with Crippen LogP contribution in [0.25, 0.3) is 0 Å². The third-order valence-corrected chi connectivity index (χ3v) is 3.35. The van der Waals surface area contributed by atoms with E-state index in [1.807, 2.05) is 38.1 Å². The van der Waals surface area contributed by atoms with E-state index in [4.69, 9.17) is 4.74 Å². The van der Waals surface area contributed by atoms with E-state index in [1.54, 1.807) is 12.1 Å². The number of rotatable bonds is 7. The quantitative estimate of drug-likeness (QED) is 0.374. The highest BCUT2D eigenvalue weighted by atomic mass is 127. The van der Waals surface area contributed by atoms with Gasteiger partial charge >= 0.3 is 0 Å². The number of halogens is 2. The van der Waals surface area contributed by atoms with E-state index in [9.17, 15) is 4.39 Å². The number of benzene rings is 2. The highest BCUT2D eigenvalue weighted by Crippen LogP contribution is 2.13. The van der Waals surface area contributed by atoms with Gasteiger partial charge in [-0.15, -0.1) is 24.0 Å². The Bertz CT molecular complexity index is 662. The molecule has 0 aliphatic rings. The van der Waals surface area contributed by atoms with Gasteiger partial charge in [-0.3, -0.25) is 0 Å². The predicted octanol–water partition coefficient (Wildman–Crippen LogP) is 4.10. The van der Waals surface area contributed by atoms with Crippen molar-refractivity contribution in [2.24, 2.45) is 4.99 Å². The van der Waals surface area contributed by atoms with Crippen LogP contribution >= 0.6 is 24.0 Å². The van der Waals surface area contributed by atoms with Crippen molar-refractivity contribution in [2.75, 3.05) is 13.2 Å². The van der Waals surface area contributed by atoms with Gasteiger partial charge in [0.1, 0.15) is 11.6 Å². The van der Waals surface area contributed by atoms with Gasteiger partial charge in [-0.1, -0.05) is 24.3 Å². The molecular formula is C19H25FIN3O. The second-order valence-corrected chi connectivity index (χ2v) is 5.26. The molecule has 2 aromatic carbocycles. The summed E-state index contributed by atoms with van der Waals surface area (Å²) >= 11 is 0. The molecule has 4 nitrogen and oxygen atoms in total. The monoisotopic (exact) mass is 457 g/mol. The molecular weight excluding hydrogens is 432 g/mol. The summed E-state index contributed by atoms with van der Waals surface area (Å²) in [4.78, 5) is 4.58. The largest absolute Gasteiger partial charge is 0.494 e. The van der Waals surface area contributed by atoms with E-state index in [0.29, 0.717) is 19.7 Å². The number of nitrogens with one attached hydrogen (secondary N) is 2. The van der Waals surface area contributed by atoms with Crippen molar-refractivity contribution in [1.29, 1.82) is 0 Å². The van der Waals surface area contributed by atoms with E-state index in [0.717, 1.165) is 29.4 Å². The highest BCUT2D eigenvalue weighted by molar-refractivity contribution is 14.0. The van der Waals surface area contributed by atoms with Crippen LogP contribution in [0.2, 0.25) is 0 Å². The lowest BCUT2D eigenvalue weighted by Crippen LogP contribution is -2.36. The number of ether oxygens (including phenoxy) is 1. The second-order valence-electron chi connectivity index (χ2n) is 5.26. The van der Waals surface area contributed by atoms with Gasteiger partial charge in [0.2, 0.25) is 0 Å². The predicted molar refractivity (Wildman–Crippen MR) is 111 cm³/mol. The molecule has 2 rings (SSSR count).